The third-order valence-corrected chi connectivity index (χ3v) is 3.83. The van der Waals surface area contributed by atoms with E-state index in [-0.39, 0.29) is 17.9 Å². The van der Waals surface area contributed by atoms with Gasteiger partial charge in [0.05, 0.1) is 28.7 Å². The molecule has 0 radical (unpaired) electrons. The van der Waals surface area contributed by atoms with Crippen LogP contribution in [0.5, 0.6) is 5.75 Å². The van der Waals surface area contributed by atoms with E-state index < -0.39 is 10.9 Å². The fourth-order valence-corrected chi connectivity index (χ4v) is 2.31. The molecule has 6 nitrogen and oxygen atoms in total. The number of halogens is 1. The molecule has 7 heteroatoms. The maximum Gasteiger partial charge on any atom is 0.338 e. The van der Waals surface area contributed by atoms with Gasteiger partial charge in [-0.05, 0) is 45.8 Å². The maximum absolute atomic E-state index is 11.9. The van der Waals surface area contributed by atoms with E-state index in [0.29, 0.717) is 10.9 Å². The molecular weight excluding hydrogens is 366 g/mol. The predicted molar refractivity (Wildman–Crippen MR) is 87.8 cm³/mol. The summed E-state index contributed by atoms with van der Waals surface area (Å²) >= 11 is 3.07. The minimum atomic E-state index is -0.589. The quantitative estimate of drug-likeness (QED) is 0.433. The van der Waals surface area contributed by atoms with Gasteiger partial charge in [-0.3, -0.25) is 10.1 Å². The number of carbonyl (C=O) groups is 1. The van der Waals surface area contributed by atoms with E-state index in [2.05, 4.69) is 15.9 Å². The minimum absolute atomic E-state index is 0.148. The Kier molecular flexibility index (Phi) is 5.70. The number of nitro groups is 1. The highest BCUT2D eigenvalue weighted by atomic mass is 79.9. The van der Waals surface area contributed by atoms with Crippen LogP contribution in [-0.4, -0.2) is 24.6 Å². The van der Waals surface area contributed by atoms with E-state index in [1.54, 1.807) is 7.11 Å². The van der Waals surface area contributed by atoms with Crippen LogP contribution in [0.15, 0.2) is 46.9 Å². The van der Waals surface area contributed by atoms with Gasteiger partial charge in [-0.2, -0.15) is 0 Å². The van der Waals surface area contributed by atoms with Gasteiger partial charge in [0, 0.05) is 12.5 Å². The van der Waals surface area contributed by atoms with E-state index in [1.807, 2.05) is 24.3 Å². The summed E-state index contributed by atoms with van der Waals surface area (Å²) in [6.07, 6.45) is 0.550. The number of ether oxygens (including phenoxy) is 2. The Bertz CT molecular complexity index is 715. The van der Waals surface area contributed by atoms with Crippen molar-refractivity contribution in [3.63, 3.8) is 0 Å². The third-order valence-electron chi connectivity index (χ3n) is 3.16. The standard InChI is InChI=1S/C16H14BrNO5/c1-22-13-5-2-11(3-6-13)8-9-23-16(19)12-4-7-14(17)15(10-12)18(20)21/h2-7,10H,8-9H2,1H3. The molecule has 0 aliphatic rings. The summed E-state index contributed by atoms with van der Waals surface area (Å²) in [7, 11) is 1.59. The van der Waals surface area contributed by atoms with Crippen molar-refractivity contribution in [3.05, 3.63) is 68.2 Å². The molecule has 0 heterocycles. The lowest BCUT2D eigenvalue weighted by molar-refractivity contribution is -0.385. The zero-order valence-electron chi connectivity index (χ0n) is 12.3. The number of rotatable bonds is 6. The van der Waals surface area contributed by atoms with Crippen molar-refractivity contribution in [1.82, 2.24) is 0 Å². The van der Waals surface area contributed by atoms with Gasteiger partial charge in [0.2, 0.25) is 0 Å². The summed E-state index contributed by atoms with van der Waals surface area (Å²) in [5.74, 6) is 0.169. The van der Waals surface area contributed by atoms with Gasteiger partial charge in [-0.15, -0.1) is 0 Å². The second kappa shape index (κ2) is 7.73. The summed E-state index contributed by atoms with van der Waals surface area (Å²) in [6.45, 7) is 0.190. The fraction of sp³-hybridized carbons (Fsp3) is 0.188. The molecule has 2 aromatic carbocycles. The molecule has 2 aromatic rings. The first kappa shape index (κ1) is 17.0. The Hall–Kier alpha value is -2.41. The summed E-state index contributed by atoms with van der Waals surface area (Å²) < 4.78 is 10.5. The maximum atomic E-state index is 11.9. The van der Waals surface area contributed by atoms with E-state index in [9.17, 15) is 14.9 Å². The molecule has 0 saturated carbocycles. The van der Waals surface area contributed by atoms with E-state index in [4.69, 9.17) is 9.47 Å². The monoisotopic (exact) mass is 379 g/mol. The zero-order valence-corrected chi connectivity index (χ0v) is 13.9. The molecular formula is C16H14BrNO5. The molecule has 0 aromatic heterocycles. The van der Waals surface area contributed by atoms with Gasteiger partial charge in [0.1, 0.15) is 5.75 Å². The lowest BCUT2D eigenvalue weighted by atomic mass is 10.1. The van der Waals surface area contributed by atoms with E-state index >= 15 is 0 Å². The highest BCUT2D eigenvalue weighted by Gasteiger charge is 2.16. The van der Waals surface area contributed by atoms with Crippen molar-refractivity contribution in [1.29, 1.82) is 0 Å². The second-order valence-electron chi connectivity index (χ2n) is 4.66. The van der Waals surface area contributed by atoms with Gasteiger partial charge in [0.15, 0.2) is 0 Å². The predicted octanol–water partition coefficient (Wildman–Crippen LogP) is 3.77. The number of carbonyl (C=O) groups excluding carboxylic acids is 1. The average Bonchev–Trinajstić information content (AvgIpc) is 2.55. The molecule has 0 saturated heterocycles. The molecule has 0 spiro atoms. The molecule has 120 valence electrons. The fourth-order valence-electron chi connectivity index (χ4n) is 1.92. The summed E-state index contributed by atoms with van der Waals surface area (Å²) in [6, 6.07) is 11.6. The number of esters is 1. The normalized spacial score (nSPS) is 10.2. The lowest BCUT2D eigenvalue weighted by Crippen LogP contribution is -2.08. The van der Waals surface area contributed by atoms with Crippen molar-refractivity contribution >= 4 is 27.6 Å². The molecule has 23 heavy (non-hydrogen) atoms. The van der Waals surface area contributed by atoms with Crippen molar-refractivity contribution in [3.8, 4) is 5.75 Å². The molecule has 0 fully saturated rings. The van der Waals surface area contributed by atoms with Crippen LogP contribution in [0.3, 0.4) is 0 Å². The number of hydrogen-bond donors (Lipinski definition) is 0. The van der Waals surface area contributed by atoms with Crippen molar-refractivity contribution in [2.24, 2.45) is 0 Å². The van der Waals surface area contributed by atoms with Crippen molar-refractivity contribution in [2.75, 3.05) is 13.7 Å². The first-order valence-corrected chi connectivity index (χ1v) is 7.54. The van der Waals surface area contributed by atoms with E-state index in [1.165, 1.54) is 18.2 Å². The number of benzene rings is 2. The molecule has 0 bridgehead atoms. The summed E-state index contributed by atoms with van der Waals surface area (Å²) in [4.78, 5) is 22.2. The summed E-state index contributed by atoms with van der Waals surface area (Å²) in [5.41, 5.74) is 0.977. The van der Waals surface area contributed by atoms with Gasteiger partial charge < -0.3 is 9.47 Å². The van der Waals surface area contributed by atoms with Crippen LogP contribution in [-0.2, 0) is 11.2 Å². The van der Waals surface area contributed by atoms with Gasteiger partial charge in [0.25, 0.3) is 5.69 Å². The SMILES string of the molecule is COc1ccc(CCOC(=O)c2ccc(Br)c([N+](=O)[O-])c2)cc1. The van der Waals surface area contributed by atoms with E-state index in [0.717, 1.165) is 11.3 Å². The van der Waals surface area contributed by atoms with Gasteiger partial charge in [-0.25, -0.2) is 4.79 Å². The van der Waals surface area contributed by atoms with Crippen LogP contribution < -0.4 is 4.74 Å². The second-order valence-corrected chi connectivity index (χ2v) is 5.51. The number of methoxy groups -OCH3 is 1. The highest BCUT2D eigenvalue weighted by Crippen LogP contribution is 2.25. The summed E-state index contributed by atoms with van der Waals surface area (Å²) in [5, 5.41) is 10.9. The Balaban J connectivity index is 1.94. The van der Waals surface area contributed by atoms with Gasteiger partial charge >= 0.3 is 5.97 Å². The van der Waals surface area contributed by atoms with Gasteiger partial charge in [-0.1, -0.05) is 12.1 Å². The molecule has 0 N–H and O–H groups in total. The first-order chi connectivity index (χ1) is 11.0. The minimum Gasteiger partial charge on any atom is -0.497 e. The molecule has 0 atom stereocenters. The van der Waals surface area contributed by atoms with Crippen molar-refractivity contribution in [2.45, 2.75) is 6.42 Å². The van der Waals surface area contributed by atoms with Crippen LogP contribution in [0, 0.1) is 10.1 Å². The van der Waals surface area contributed by atoms with Crippen molar-refractivity contribution < 1.29 is 19.2 Å². The average molecular weight is 380 g/mol. The number of nitrogens with zero attached hydrogens (tertiary/aromatic N) is 1. The Labute approximate surface area is 141 Å². The highest BCUT2D eigenvalue weighted by molar-refractivity contribution is 9.10. The molecule has 2 rings (SSSR count). The van der Waals surface area contributed by atoms with Crippen LogP contribution >= 0.6 is 15.9 Å². The van der Waals surface area contributed by atoms with Crippen LogP contribution in [0.2, 0.25) is 0 Å². The smallest absolute Gasteiger partial charge is 0.338 e. The molecule has 0 unspecified atom stereocenters. The van der Waals surface area contributed by atoms with Crippen LogP contribution in [0.4, 0.5) is 5.69 Å². The lowest BCUT2D eigenvalue weighted by Gasteiger charge is -2.06. The third kappa shape index (κ3) is 4.53. The molecule has 0 aliphatic heterocycles. The Morgan fingerprint density at radius 2 is 1.91 bits per heavy atom. The Morgan fingerprint density at radius 3 is 2.52 bits per heavy atom. The Morgan fingerprint density at radius 1 is 1.22 bits per heavy atom. The van der Waals surface area contributed by atoms with Crippen LogP contribution in [0.1, 0.15) is 15.9 Å². The molecule has 0 aliphatic carbocycles. The first-order valence-electron chi connectivity index (χ1n) is 6.75. The topological polar surface area (TPSA) is 78.7 Å². The largest absolute Gasteiger partial charge is 0.497 e. The molecule has 0 amide bonds. The van der Waals surface area contributed by atoms with Crippen LogP contribution in [0.25, 0.3) is 0 Å². The zero-order chi connectivity index (χ0) is 16.8. The number of nitro benzene ring substituents is 1. The number of hydrogen-bond acceptors (Lipinski definition) is 5.